The first-order chi connectivity index (χ1) is 11.2. The van der Waals surface area contributed by atoms with Gasteiger partial charge in [0.15, 0.2) is 0 Å². The summed E-state index contributed by atoms with van der Waals surface area (Å²) in [5.74, 6) is -0.728. The highest BCUT2D eigenvalue weighted by Crippen LogP contribution is 2.26. The van der Waals surface area contributed by atoms with Crippen molar-refractivity contribution in [2.75, 3.05) is 19.0 Å². The second kappa shape index (κ2) is 7.21. The minimum atomic E-state index is -0.607. The monoisotopic (exact) mass is 354 g/mol. The van der Waals surface area contributed by atoms with Gasteiger partial charge in [-0.25, -0.2) is 9.59 Å². The summed E-state index contributed by atoms with van der Waals surface area (Å²) in [5.41, 5.74) is -0.607. The van der Waals surface area contributed by atoms with Crippen LogP contribution in [0.2, 0.25) is 0 Å². The van der Waals surface area contributed by atoms with E-state index in [1.54, 1.807) is 32.9 Å². The molecule has 8 heteroatoms. The number of thiophene rings is 1. The number of likely N-dealkylation sites (tertiary alicyclic amines) is 1. The highest BCUT2D eigenvalue weighted by atomic mass is 32.1. The summed E-state index contributed by atoms with van der Waals surface area (Å²) in [4.78, 5) is 38.0. The van der Waals surface area contributed by atoms with E-state index in [-0.39, 0.29) is 5.91 Å². The molecule has 0 aromatic carbocycles. The van der Waals surface area contributed by atoms with Gasteiger partial charge in [0.25, 0.3) is 0 Å². The van der Waals surface area contributed by atoms with Gasteiger partial charge >= 0.3 is 12.1 Å². The SMILES string of the molecule is COC(=O)c1ccc(NC(=O)C2CCCN2C(=O)OC(C)(C)C)s1. The molecule has 1 fully saturated rings. The number of nitrogens with zero attached hydrogens (tertiary/aromatic N) is 1. The first-order valence-electron chi connectivity index (χ1n) is 7.70. The van der Waals surface area contributed by atoms with Crippen LogP contribution in [0.1, 0.15) is 43.3 Å². The molecular formula is C16H22N2O5S. The number of nitrogens with one attached hydrogen (secondary N) is 1. The van der Waals surface area contributed by atoms with Crippen LogP contribution in [0.4, 0.5) is 9.80 Å². The smallest absolute Gasteiger partial charge is 0.410 e. The largest absolute Gasteiger partial charge is 0.465 e. The summed E-state index contributed by atoms with van der Waals surface area (Å²) in [6.07, 6.45) is 0.844. The topological polar surface area (TPSA) is 84.9 Å². The van der Waals surface area contributed by atoms with Gasteiger partial charge in [0.1, 0.15) is 16.5 Å². The van der Waals surface area contributed by atoms with E-state index in [1.807, 2.05) is 0 Å². The highest BCUT2D eigenvalue weighted by Gasteiger charge is 2.36. The lowest BCUT2D eigenvalue weighted by atomic mass is 10.2. The molecule has 1 aliphatic rings. The maximum atomic E-state index is 12.5. The van der Waals surface area contributed by atoms with Crippen molar-refractivity contribution < 1.29 is 23.9 Å². The van der Waals surface area contributed by atoms with E-state index < -0.39 is 23.7 Å². The number of methoxy groups -OCH3 is 1. The van der Waals surface area contributed by atoms with Gasteiger partial charge in [0, 0.05) is 6.54 Å². The Hall–Kier alpha value is -2.09. The summed E-state index contributed by atoms with van der Waals surface area (Å²) >= 11 is 1.13. The molecule has 0 bridgehead atoms. The van der Waals surface area contributed by atoms with Crippen molar-refractivity contribution in [2.45, 2.75) is 45.3 Å². The van der Waals surface area contributed by atoms with Crippen LogP contribution < -0.4 is 5.32 Å². The molecule has 1 unspecified atom stereocenters. The standard InChI is InChI=1S/C16H22N2O5S/c1-16(2,3)23-15(21)18-9-5-6-10(18)13(19)17-12-8-7-11(24-12)14(20)22-4/h7-8,10H,5-6,9H2,1-4H3,(H,17,19). The fourth-order valence-corrected chi connectivity index (χ4v) is 3.23. The summed E-state index contributed by atoms with van der Waals surface area (Å²) in [6.45, 7) is 5.85. The molecule has 0 radical (unpaired) electrons. The van der Waals surface area contributed by atoms with Crippen molar-refractivity contribution in [3.05, 3.63) is 17.0 Å². The van der Waals surface area contributed by atoms with E-state index in [1.165, 1.54) is 12.0 Å². The highest BCUT2D eigenvalue weighted by molar-refractivity contribution is 7.18. The summed E-state index contributed by atoms with van der Waals surface area (Å²) in [7, 11) is 1.30. The summed E-state index contributed by atoms with van der Waals surface area (Å²) in [6, 6.07) is 2.66. The predicted molar refractivity (Wildman–Crippen MR) is 90.3 cm³/mol. The summed E-state index contributed by atoms with van der Waals surface area (Å²) in [5, 5.41) is 3.29. The molecule has 7 nitrogen and oxygen atoms in total. The molecule has 0 spiro atoms. The molecule has 1 aromatic rings. The Morgan fingerprint density at radius 3 is 2.62 bits per heavy atom. The van der Waals surface area contributed by atoms with Gasteiger partial charge < -0.3 is 14.8 Å². The Morgan fingerprint density at radius 2 is 2.00 bits per heavy atom. The third-order valence-corrected chi connectivity index (χ3v) is 4.40. The van der Waals surface area contributed by atoms with E-state index in [0.717, 1.165) is 17.8 Å². The van der Waals surface area contributed by atoms with Gasteiger partial charge in [-0.05, 0) is 45.7 Å². The van der Waals surface area contributed by atoms with E-state index in [4.69, 9.17) is 4.74 Å². The number of esters is 1. The number of hydrogen-bond donors (Lipinski definition) is 1. The predicted octanol–water partition coefficient (Wildman–Crippen LogP) is 2.87. The van der Waals surface area contributed by atoms with E-state index in [9.17, 15) is 14.4 Å². The quantitative estimate of drug-likeness (QED) is 0.844. The van der Waals surface area contributed by atoms with Gasteiger partial charge in [-0.1, -0.05) is 0 Å². The zero-order chi connectivity index (χ0) is 17.9. The number of hydrogen-bond acceptors (Lipinski definition) is 6. The lowest BCUT2D eigenvalue weighted by molar-refractivity contribution is -0.120. The molecule has 0 aliphatic carbocycles. The number of anilines is 1. The van der Waals surface area contributed by atoms with Crippen LogP contribution in [-0.2, 0) is 14.3 Å². The Morgan fingerprint density at radius 1 is 1.29 bits per heavy atom. The van der Waals surface area contributed by atoms with Gasteiger partial charge in [-0.3, -0.25) is 9.69 Å². The first kappa shape index (κ1) is 18.3. The average Bonchev–Trinajstić information content (AvgIpc) is 3.13. The summed E-state index contributed by atoms with van der Waals surface area (Å²) < 4.78 is 9.99. The van der Waals surface area contributed by atoms with Crippen molar-refractivity contribution in [3.63, 3.8) is 0 Å². The minimum absolute atomic E-state index is 0.281. The fraction of sp³-hybridized carbons (Fsp3) is 0.562. The number of carbonyl (C=O) groups excluding carboxylic acids is 3. The second-order valence-electron chi connectivity index (χ2n) is 6.48. The van der Waals surface area contributed by atoms with Gasteiger partial charge in [0.2, 0.25) is 5.91 Å². The van der Waals surface area contributed by atoms with Gasteiger partial charge in [-0.15, -0.1) is 11.3 Å². The zero-order valence-corrected chi connectivity index (χ0v) is 15.1. The lowest BCUT2D eigenvalue weighted by Crippen LogP contribution is -2.45. The average molecular weight is 354 g/mol. The Balaban J connectivity index is 2.01. The van der Waals surface area contributed by atoms with Crippen molar-refractivity contribution in [3.8, 4) is 0 Å². The number of rotatable bonds is 3. The normalized spacial score (nSPS) is 17.5. The van der Waals surface area contributed by atoms with Crippen molar-refractivity contribution in [1.29, 1.82) is 0 Å². The van der Waals surface area contributed by atoms with Gasteiger partial charge in [-0.2, -0.15) is 0 Å². The van der Waals surface area contributed by atoms with Crippen LogP contribution in [0.25, 0.3) is 0 Å². The molecule has 132 valence electrons. The number of carbonyl (C=O) groups is 3. The fourth-order valence-electron chi connectivity index (χ4n) is 2.40. The molecule has 0 saturated carbocycles. The van der Waals surface area contributed by atoms with Crippen molar-refractivity contribution in [2.24, 2.45) is 0 Å². The molecule has 2 rings (SSSR count). The zero-order valence-electron chi connectivity index (χ0n) is 14.3. The van der Waals surface area contributed by atoms with Crippen LogP contribution in [-0.4, -0.2) is 48.2 Å². The van der Waals surface area contributed by atoms with Crippen molar-refractivity contribution in [1.82, 2.24) is 4.90 Å². The molecule has 2 heterocycles. The first-order valence-corrected chi connectivity index (χ1v) is 8.51. The van der Waals surface area contributed by atoms with E-state index >= 15 is 0 Å². The maximum Gasteiger partial charge on any atom is 0.410 e. The molecule has 2 amide bonds. The van der Waals surface area contributed by atoms with Gasteiger partial charge in [0.05, 0.1) is 12.1 Å². The Kier molecular flexibility index (Phi) is 5.48. The van der Waals surface area contributed by atoms with Crippen LogP contribution in [0.3, 0.4) is 0 Å². The number of amides is 2. The molecule has 1 aromatic heterocycles. The van der Waals surface area contributed by atoms with Crippen LogP contribution in [0.5, 0.6) is 0 Å². The number of ether oxygens (including phenoxy) is 2. The lowest BCUT2D eigenvalue weighted by Gasteiger charge is -2.27. The maximum absolute atomic E-state index is 12.5. The van der Waals surface area contributed by atoms with Crippen molar-refractivity contribution >= 4 is 34.3 Å². The molecule has 1 N–H and O–H groups in total. The third kappa shape index (κ3) is 4.47. The molecule has 1 aliphatic heterocycles. The minimum Gasteiger partial charge on any atom is -0.465 e. The Labute approximate surface area is 144 Å². The van der Waals surface area contributed by atoms with E-state index in [2.05, 4.69) is 10.1 Å². The second-order valence-corrected chi connectivity index (χ2v) is 7.56. The molecular weight excluding hydrogens is 332 g/mol. The Bertz CT molecular complexity index is 635. The molecule has 1 atom stereocenters. The molecule has 1 saturated heterocycles. The van der Waals surface area contributed by atoms with Crippen LogP contribution in [0, 0.1) is 0 Å². The van der Waals surface area contributed by atoms with E-state index in [0.29, 0.717) is 22.8 Å². The molecule has 24 heavy (non-hydrogen) atoms. The third-order valence-electron chi connectivity index (χ3n) is 3.42. The van der Waals surface area contributed by atoms with Crippen LogP contribution >= 0.6 is 11.3 Å². The van der Waals surface area contributed by atoms with Crippen LogP contribution in [0.15, 0.2) is 12.1 Å².